The van der Waals surface area contributed by atoms with Crippen LogP contribution in [0.25, 0.3) is 0 Å². The van der Waals surface area contributed by atoms with Crippen LogP contribution in [0.1, 0.15) is 32.6 Å². The molecule has 3 atom stereocenters. The minimum absolute atomic E-state index is 0.00352. The quantitative estimate of drug-likeness (QED) is 0.602. The van der Waals surface area contributed by atoms with Gasteiger partial charge in [-0.3, -0.25) is 4.79 Å². The van der Waals surface area contributed by atoms with Gasteiger partial charge >= 0.3 is 5.97 Å². The monoisotopic (exact) mass is 168 g/mol. The molecule has 12 heavy (non-hydrogen) atoms. The van der Waals surface area contributed by atoms with E-state index >= 15 is 0 Å². The highest BCUT2D eigenvalue weighted by Gasteiger charge is 2.46. The number of carbonyl (C=O) groups is 1. The molecule has 0 unspecified atom stereocenters. The van der Waals surface area contributed by atoms with Gasteiger partial charge in [-0.2, -0.15) is 0 Å². The maximum atomic E-state index is 11.1. The Labute approximate surface area is 73.3 Å². The van der Waals surface area contributed by atoms with Gasteiger partial charge in [0, 0.05) is 6.42 Å². The average Bonchev–Trinajstić information content (AvgIpc) is 2.60. The number of esters is 1. The van der Waals surface area contributed by atoms with Gasteiger partial charge < -0.3 is 4.74 Å². The summed E-state index contributed by atoms with van der Waals surface area (Å²) in [7, 11) is 0. The third-order valence-corrected chi connectivity index (χ3v) is 3.10. The molecule has 0 aromatic heterocycles. The minimum Gasteiger partial charge on any atom is -0.466 e. The maximum Gasteiger partial charge on any atom is 0.306 e. The van der Waals surface area contributed by atoms with Gasteiger partial charge in [0.05, 0.1) is 6.61 Å². The highest BCUT2D eigenvalue weighted by Crippen LogP contribution is 2.55. The van der Waals surface area contributed by atoms with Crippen LogP contribution in [-0.2, 0) is 9.53 Å². The van der Waals surface area contributed by atoms with E-state index in [-0.39, 0.29) is 5.97 Å². The summed E-state index contributed by atoms with van der Waals surface area (Å²) < 4.78 is 4.91. The molecular formula is C10H16O2. The lowest BCUT2D eigenvalue weighted by atomic mass is 10.00. The van der Waals surface area contributed by atoms with E-state index in [9.17, 15) is 4.79 Å². The van der Waals surface area contributed by atoms with Crippen LogP contribution in [0.15, 0.2) is 0 Å². The summed E-state index contributed by atoms with van der Waals surface area (Å²) >= 11 is 0. The molecule has 2 aliphatic carbocycles. The Morgan fingerprint density at radius 3 is 2.58 bits per heavy atom. The summed E-state index contributed by atoms with van der Waals surface area (Å²) in [4.78, 5) is 11.1. The number of hydrogen-bond acceptors (Lipinski definition) is 2. The molecule has 2 heteroatoms. The third-order valence-electron chi connectivity index (χ3n) is 3.10. The van der Waals surface area contributed by atoms with Crippen molar-refractivity contribution in [3.63, 3.8) is 0 Å². The first-order valence-electron chi connectivity index (χ1n) is 4.95. The van der Waals surface area contributed by atoms with Gasteiger partial charge in [-0.05, 0) is 43.9 Å². The lowest BCUT2D eigenvalue weighted by molar-refractivity contribution is -0.144. The second-order valence-electron chi connectivity index (χ2n) is 4.10. The van der Waals surface area contributed by atoms with Crippen molar-refractivity contribution in [3.8, 4) is 0 Å². The zero-order valence-corrected chi connectivity index (χ0v) is 7.58. The summed E-state index contributed by atoms with van der Waals surface area (Å²) in [6.45, 7) is 2.39. The molecule has 0 spiro atoms. The normalized spacial score (nSPS) is 37.6. The Morgan fingerprint density at radius 1 is 1.33 bits per heavy atom. The number of ether oxygens (including phenoxy) is 1. The molecule has 0 bridgehead atoms. The van der Waals surface area contributed by atoms with Crippen LogP contribution in [0.2, 0.25) is 0 Å². The molecule has 2 fully saturated rings. The van der Waals surface area contributed by atoms with Crippen LogP contribution in [0, 0.1) is 17.8 Å². The summed E-state index contributed by atoms with van der Waals surface area (Å²) in [5.41, 5.74) is 0. The van der Waals surface area contributed by atoms with E-state index in [4.69, 9.17) is 4.74 Å². The molecule has 0 aromatic carbocycles. The molecule has 2 saturated carbocycles. The van der Waals surface area contributed by atoms with E-state index < -0.39 is 0 Å². The van der Waals surface area contributed by atoms with Crippen LogP contribution < -0.4 is 0 Å². The van der Waals surface area contributed by atoms with Gasteiger partial charge in [0.2, 0.25) is 0 Å². The lowest BCUT2D eigenvalue weighted by Gasteiger charge is -2.09. The van der Waals surface area contributed by atoms with E-state index in [1.807, 2.05) is 6.92 Å². The Morgan fingerprint density at radius 2 is 2.00 bits per heavy atom. The highest BCUT2D eigenvalue weighted by molar-refractivity contribution is 5.69. The SMILES string of the molecule is CCOC(=O)C[C@H]1C[C@@H]2C[C@@H]2C1. The second kappa shape index (κ2) is 3.08. The van der Waals surface area contributed by atoms with Crippen LogP contribution in [0.4, 0.5) is 0 Å². The molecule has 68 valence electrons. The van der Waals surface area contributed by atoms with E-state index in [0.29, 0.717) is 18.9 Å². The first-order chi connectivity index (χ1) is 5.79. The van der Waals surface area contributed by atoms with Gasteiger partial charge in [-0.25, -0.2) is 0 Å². The first kappa shape index (κ1) is 8.09. The molecule has 0 heterocycles. The number of carbonyl (C=O) groups excluding carboxylic acids is 1. The predicted molar refractivity (Wildman–Crippen MR) is 45.6 cm³/mol. The van der Waals surface area contributed by atoms with Gasteiger partial charge in [-0.1, -0.05) is 0 Å². The van der Waals surface area contributed by atoms with E-state index in [2.05, 4.69) is 0 Å². The van der Waals surface area contributed by atoms with Crippen molar-refractivity contribution in [2.45, 2.75) is 32.6 Å². The zero-order valence-electron chi connectivity index (χ0n) is 7.58. The minimum atomic E-state index is 0.00352. The molecule has 2 nitrogen and oxygen atoms in total. The van der Waals surface area contributed by atoms with Gasteiger partial charge in [0.1, 0.15) is 0 Å². The Balaban J connectivity index is 1.69. The average molecular weight is 168 g/mol. The summed E-state index contributed by atoms with van der Waals surface area (Å²) in [5, 5.41) is 0. The summed E-state index contributed by atoms with van der Waals surface area (Å²) in [6.07, 6.45) is 4.66. The number of rotatable bonds is 3. The topological polar surface area (TPSA) is 26.3 Å². The summed E-state index contributed by atoms with van der Waals surface area (Å²) in [5.74, 6) is 2.60. The third kappa shape index (κ3) is 1.62. The highest BCUT2D eigenvalue weighted by atomic mass is 16.5. The molecule has 2 rings (SSSR count). The van der Waals surface area contributed by atoms with Crippen molar-refractivity contribution in [1.82, 2.24) is 0 Å². The van der Waals surface area contributed by atoms with Gasteiger partial charge in [0.25, 0.3) is 0 Å². The van der Waals surface area contributed by atoms with Crippen molar-refractivity contribution in [1.29, 1.82) is 0 Å². The molecule has 0 aromatic rings. The van der Waals surface area contributed by atoms with Gasteiger partial charge in [0.15, 0.2) is 0 Å². The second-order valence-corrected chi connectivity index (χ2v) is 4.10. The molecule has 0 radical (unpaired) electrons. The van der Waals surface area contributed by atoms with Crippen molar-refractivity contribution >= 4 is 5.97 Å². The van der Waals surface area contributed by atoms with Crippen molar-refractivity contribution in [2.75, 3.05) is 6.61 Å². The van der Waals surface area contributed by atoms with Crippen molar-refractivity contribution in [2.24, 2.45) is 17.8 Å². The predicted octanol–water partition coefficient (Wildman–Crippen LogP) is 1.99. The van der Waals surface area contributed by atoms with E-state index in [0.717, 1.165) is 11.8 Å². The van der Waals surface area contributed by atoms with E-state index in [1.165, 1.54) is 19.3 Å². The molecule has 2 aliphatic rings. The van der Waals surface area contributed by atoms with Gasteiger partial charge in [-0.15, -0.1) is 0 Å². The fourth-order valence-electron chi connectivity index (χ4n) is 2.46. The Hall–Kier alpha value is -0.530. The fraction of sp³-hybridized carbons (Fsp3) is 0.900. The molecule has 0 amide bonds. The molecule has 0 saturated heterocycles. The number of fused-ring (bicyclic) bond motifs is 1. The Bertz CT molecular complexity index is 178. The van der Waals surface area contributed by atoms with Crippen LogP contribution in [0.5, 0.6) is 0 Å². The van der Waals surface area contributed by atoms with E-state index in [1.54, 1.807) is 0 Å². The zero-order chi connectivity index (χ0) is 8.55. The lowest BCUT2D eigenvalue weighted by Crippen LogP contribution is -2.10. The first-order valence-corrected chi connectivity index (χ1v) is 4.95. The van der Waals surface area contributed by atoms with Crippen LogP contribution in [0.3, 0.4) is 0 Å². The molecule has 0 aliphatic heterocycles. The Kier molecular flexibility index (Phi) is 2.07. The largest absolute Gasteiger partial charge is 0.466 e. The van der Waals surface area contributed by atoms with Crippen LogP contribution >= 0.6 is 0 Å². The molecule has 0 N–H and O–H groups in total. The standard InChI is InChI=1S/C10H16O2/c1-2-12-10(11)5-7-3-8-6-9(8)4-7/h7-9H,2-6H2,1H3/t7-,8+,9-. The smallest absolute Gasteiger partial charge is 0.306 e. The number of hydrogen-bond donors (Lipinski definition) is 0. The maximum absolute atomic E-state index is 11.1. The molecular weight excluding hydrogens is 152 g/mol. The summed E-state index contributed by atoms with van der Waals surface area (Å²) in [6, 6.07) is 0. The van der Waals surface area contributed by atoms with Crippen molar-refractivity contribution in [3.05, 3.63) is 0 Å². The van der Waals surface area contributed by atoms with Crippen LogP contribution in [-0.4, -0.2) is 12.6 Å². The fourth-order valence-corrected chi connectivity index (χ4v) is 2.46. The van der Waals surface area contributed by atoms with Crippen molar-refractivity contribution < 1.29 is 9.53 Å².